The van der Waals surface area contributed by atoms with Crippen LogP contribution in [0.3, 0.4) is 0 Å². The Bertz CT molecular complexity index is 156. The fraction of sp³-hybridized carbons (Fsp3) is 0. The first kappa shape index (κ1) is 8.56. The van der Waals surface area contributed by atoms with E-state index in [0.29, 0.717) is 0 Å². The van der Waals surface area contributed by atoms with Crippen molar-refractivity contribution in [3.63, 3.8) is 0 Å². The Kier molecular flexibility index (Phi) is 6.47. The molecular weight excluding hydrogens is 124 g/mol. The highest BCUT2D eigenvalue weighted by Gasteiger charge is 1.59. The van der Waals surface area contributed by atoms with Crippen molar-refractivity contribution in [2.24, 2.45) is 9.98 Å². The van der Waals surface area contributed by atoms with Crippen molar-refractivity contribution in [2.45, 2.75) is 0 Å². The van der Waals surface area contributed by atoms with Crippen LogP contribution in [-0.4, -0.2) is 13.4 Å². The van der Waals surface area contributed by atoms with Crippen LogP contribution in [0.15, 0.2) is 46.7 Å². The first-order valence-corrected chi connectivity index (χ1v) is 2.82. The normalized spacial score (nSPS) is 11.6. The lowest BCUT2D eigenvalue weighted by molar-refractivity contribution is 1.60. The lowest BCUT2D eigenvalue weighted by Crippen LogP contribution is -1.49. The van der Waals surface area contributed by atoms with Crippen LogP contribution >= 0.6 is 0 Å². The third-order valence-electron chi connectivity index (χ3n) is 0.716. The van der Waals surface area contributed by atoms with Crippen molar-refractivity contribution in [3.05, 3.63) is 36.7 Å². The summed E-state index contributed by atoms with van der Waals surface area (Å²) < 4.78 is 0. The molecule has 0 aliphatic heterocycles. The van der Waals surface area contributed by atoms with Gasteiger partial charge < -0.3 is 0 Å². The molecule has 10 heavy (non-hydrogen) atoms. The summed E-state index contributed by atoms with van der Waals surface area (Å²) in [6, 6.07) is 0. The fourth-order valence-corrected chi connectivity index (χ4v) is 0.349. The first-order valence-electron chi connectivity index (χ1n) is 2.82. The highest BCUT2D eigenvalue weighted by molar-refractivity contribution is 5.27. The highest BCUT2D eigenvalue weighted by atomic mass is 14.6. The minimum atomic E-state index is 1.60. The molecule has 0 aromatic carbocycles. The Morgan fingerprint density at radius 2 is 1.10 bits per heavy atom. The van der Waals surface area contributed by atoms with Gasteiger partial charge in [-0.1, -0.05) is 12.2 Å². The summed E-state index contributed by atoms with van der Waals surface area (Å²) in [4.78, 5) is 7.02. The standard InChI is InChI=1S/C8H10N2/c1-9-7-5-3-4-6-8-10-2/h3-8H,1-2H2/b4-3-,7-5+,8-6+. The topological polar surface area (TPSA) is 24.7 Å². The number of hydrogen-bond acceptors (Lipinski definition) is 2. The van der Waals surface area contributed by atoms with Gasteiger partial charge in [-0.05, 0) is 25.6 Å². The largest absolute Gasteiger partial charge is 0.273 e. The molecule has 0 radical (unpaired) electrons. The molecule has 0 rings (SSSR count). The van der Waals surface area contributed by atoms with E-state index >= 15 is 0 Å². The van der Waals surface area contributed by atoms with Gasteiger partial charge in [0.1, 0.15) is 0 Å². The van der Waals surface area contributed by atoms with Gasteiger partial charge in [0.25, 0.3) is 0 Å². The van der Waals surface area contributed by atoms with Gasteiger partial charge in [-0.2, -0.15) is 0 Å². The Morgan fingerprint density at radius 1 is 0.700 bits per heavy atom. The average molecular weight is 134 g/mol. The number of hydrogen-bond donors (Lipinski definition) is 0. The SMILES string of the molecule is C=N/C=C/C=C\C=C\N=C. The molecule has 0 aromatic heterocycles. The molecule has 0 fully saturated rings. The molecule has 0 amide bonds. The molecule has 52 valence electrons. The van der Waals surface area contributed by atoms with Crippen LogP contribution in [0.1, 0.15) is 0 Å². The van der Waals surface area contributed by atoms with Crippen molar-refractivity contribution in [3.8, 4) is 0 Å². The highest BCUT2D eigenvalue weighted by Crippen LogP contribution is 1.79. The maximum atomic E-state index is 3.51. The van der Waals surface area contributed by atoms with E-state index in [1.165, 1.54) is 0 Å². The van der Waals surface area contributed by atoms with Gasteiger partial charge >= 0.3 is 0 Å². The summed E-state index contributed by atoms with van der Waals surface area (Å²) in [7, 11) is 0. The van der Waals surface area contributed by atoms with Crippen molar-refractivity contribution < 1.29 is 0 Å². The van der Waals surface area contributed by atoms with Gasteiger partial charge in [-0.3, -0.25) is 9.98 Å². The Hall–Kier alpha value is -1.44. The van der Waals surface area contributed by atoms with Gasteiger partial charge in [-0.15, -0.1) is 0 Å². The van der Waals surface area contributed by atoms with E-state index in [0.717, 1.165) is 0 Å². The predicted molar refractivity (Wildman–Crippen MR) is 46.5 cm³/mol. The molecule has 0 aliphatic carbocycles. The van der Waals surface area contributed by atoms with Crippen LogP contribution in [0.5, 0.6) is 0 Å². The van der Waals surface area contributed by atoms with Crippen LogP contribution in [0, 0.1) is 0 Å². The van der Waals surface area contributed by atoms with Crippen LogP contribution < -0.4 is 0 Å². The summed E-state index contributed by atoms with van der Waals surface area (Å²) >= 11 is 0. The molecule has 0 atom stereocenters. The lowest BCUT2D eigenvalue weighted by Gasteiger charge is -1.70. The maximum Gasteiger partial charge on any atom is 0.0260 e. The van der Waals surface area contributed by atoms with Gasteiger partial charge in [0, 0.05) is 12.4 Å². The van der Waals surface area contributed by atoms with Gasteiger partial charge in [0.05, 0.1) is 0 Å². The van der Waals surface area contributed by atoms with Crippen molar-refractivity contribution in [2.75, 3.05) is 0 Å². The number of nitrogens with zero attached hydrogens (tertiary/aromatic N) is 2. The molecule has 0 saturated carbocycles. The second-order valence-corrected chi connectivity index (χ2v) is 1.43. The molecular formula is C8H10N2. The monoisotopic (exact) mass is 134 g/mol. The molecule has 0 aliphatic rings. The molecule has 0 unspecified atom stereocenters. The minimum Gasteiger partial charge on any atom is -0.273 e. The number of rotatable bonds is 4. The molecule has 0 N–H and O–H groups in total. The molecule has 2 heteroatoms. The van der Waals surface area contributed by atoms with Crippen LogP contribution in [0.25, 0.3) is 0 Å². The van der Waals surface area contributed by atoms with Crippen LogP contribution in [0.2, 0.25) is 0 Å². The van der Waals surface area contributed by atoms with E-state index in [1.807, 2.05) is 12.2 Å². The summed E-state index contributed by atoms with van der Waals surface area (Å²) in [5.74, 6) is 0. The molecule has 2 nitrogen and oxygen atoms in total. The quantitative estimate of drug-likeness (QED) is 0.415. The summed E-state index contributed by atoms with van der Waals surface area (Å²) in [5, 5.41) is 0. The van der Waals surface area contributed by atoms with E-state index in [4.69, 9.17) is 0 Å². The Morgan fingerprint density at radius 3 is 1.40 bits per heavy atom. The molecule has 0 aromatic rings. The van der Waals surface area contributed by atoms with Gasteiger partial charge in [0.2, 0.25) is 0 Å². The third-order valence-corrected chi connectivity index (χ3v) is 0.716. The summed E-state index contributed by atoms with van der Waals surface area (Å²) in [6.07, 6.45) is 10.4. The smallest absolute Gasteiger partial charge is 0.0260 e. The van der Waals surface area contributed by atoms with Crippen molar-refractivity contribution in [1.29, 1.82) is 0 Å². The zero-order valence-electron chi connectivity index (χ0n) is 5.77. The van der Waals surface area contributed by atoms with Crippen molar-refractivity contribution in [1.82, 2.24) is 0 Å². The van der Waals surface area contributed by atoms with Gasteiger partial charge in [-0.25, -0.2) is 0 Å². The summed E-state index contributed by atoms with van der Waals surface area (Å²) in [6.45, 7) is 6.55. The van der Waals surface area contributed by atoms with E-state index in [1.54, 1.807) is 24.6 Å². The van der Waals surface area contributed by atoms with Gasteiger partial charge in [0.15, 0.2) is 0 Å². The summed E-state index contributed by atoms with van der Waals surface area (Å²) in [5.41, 5.74) is 0. The lowest BCUT2D eigenvalue weighted by atomic mass is 10.4. The van der Waals surface area contributed by atoms with E-state index < -0.39 is 0 Å². The zero-order chi connectivity index (χ0) is 7.66. The van der Waals surface area contributed by atoms with Crippen LogP contribution in [0.4, 0.5) is 0 Å². The molecule has 0 spiro atoms. The second-order valence-electron chi connectivity index (χ2n) is 1.43. The van der Waals surface area contributed by atoms with E-state index in [2.05, 4.69) is 23.4 Å². The number of aliphatic imine (C=N–C) groups is 2. The van der Waals surface area contributed by atoms with Crippen LogP contribution in [-0.2, 0) is 0 Å². The molecule has 0 bridgehead atoms. The average Bonchev–Trinajstić information content (AvgIpc) is 1.97. The minimum absolute atomic E-state index is 1.60. The fourth-order valence-electron chi connectivity index (χ4n) is 0.349. The third kappa shape index (κ3) is 6.56. The molecule has 0 saturated heterocycles. The van der Waals surface area contributed by atoms with E-state index in [9.17, 15) is 0 Å². The maximum absolute atomic E-state index is 3.51. The first-order chi connectivity index (χ1) is 4.91. The second kappa shape index (κ2) is 7.56. The zero-order valence-corrected chi connectivity index (χ0v) is 5.77. The predicted octanol–water partition coefficient (Wildman–Crippen LogP) is 1.97. The number of allylic oxidation sites excluding steroid dienone is 4. The van der Waals surface area contributed by atoms with Crippen molar-refractivity contribution >= 4 is 13.4 Å². The van der Waals surface area contributed by atoms with E-state index in [-0.39, 0.29) is 0 Å². The Balaban J connectivity index is 3.55. The Labute approximate surface area is 61.0 Å². The molecule has 0 heterocycles.